The second-order valence-corrected chi connectivity index (χ2v) is 6.88. The van der Waals surface area contributed by atoms with Crippen molar-refractivity contribution in [3.05, 3.63) is 34.3 Å². The number of benzene rings is 1. The molecular weight excluding hydrogens is 380 g/mol. The molecule has 0 aliphatic carbocycles. The van der Waals surface area contributed by atoms with Crippen molar-refractivity contribution in [2.45, 2.75) is 58.0 Å². The molecule has 114 valence electrons. The van der Waals surface area contributed by atoms with Crippen molar-refractivity contribution in [3.63, 3.8) is 0 Å². The van der Waals surface area contributed by atoms with Crippen LogP contribution in [0, 0.1) is 0 Å². The normalized spacial score (nSPS) is 14.2. The number of ether oxygens (including phenoxy) is 1. The highest BCUT2D eigenvalue weighted by atomic mass is 79.9. The first-order valence-electron chi connectivity index (χ1n) is 7.59. The van der Waals surface area contributed by atoms with Crippen molar-refractivity contribution < 1.29 is 4.74 Å². The number of hydrogen-bond donors (Lipinski definition) is 0. The molecule has 1 rings (SSSR count). The van der Waals surface area contributed by atoms with Crippen LogP contribution in [0.3, 0.4) is 0 Å². The molecule has 0 bridgehead atoms. The Morgan fingerprint density at radius 2 is 1.70 bits per heavy atom. The van der Waals surface area contributed by atoms with E-state index in [0.29, 0.717) is 0 Å². The Balaban J connectivity index is 2.40. The molecule has 0 aliphatic heterocycles. The van der Waals surface area contributed by atoms with Crippen molar-refractivity contribution in [1.29, 1.82) is 0 Å². The first-order valence-corrected chi connectivity index (χ1v) is 9.50. The molecule has 0 radical (unpaired) electrons. The Morgan fingerprint density at radius 3 is 2.35 bits per heavy atom. The van der Waals surface area contributed by atoms with Crippen molar-refractivity contribution in [1.82, 2.24) is 0 Å². The van der Waals surface area contributed by atoms with Gasteiger partial charge in [-0.2, -0.15) is 0 Å². The zero-order valence-electron chi connectivity index (χ0n) is 12.6. The lowest BCUT2D eigenvalue weighted by Crippen LogP contribution is -2.28. The first kappa shape index (κ1) is 18.2. The van der Waals surface area contributed by atoms with Crippen LogP contribution in [-0.2, 0) is 10.3 Å². The van der Waals surface area contributed by atoms with Gasteiger partial charge in [-0.1, -0.05) is 89.1 Å². The Hall–Kier alpha value is 0.140. The quantitative estimate of drug-likeness (QED) is 0.321. The van der Waals surface area contributed by atoms with Gasteiger partial charge in [-0.25, -0.2) is 0 Å². The predicted octanol–water partition coefficient (Wildman–Crippen LogP) is 6.44. The van der Waals surface area contributed by atoms with Crippen LogP contribution in [-0.4, -0.2) is 11.9 Å². The van der Waals surface area contributed by atoms with E-state index in [1.165, 1.54) is 37.7 Å². The van der Waals surface area contributed by atoms with Crippen LogP contribution in [0.1, 0.15) is 57.9 Å². The molecule has 0 amide bonds. The minimum Gasteiger partial charge on any atom is -0.370 e. The summed E-state index contributed by atoms with van der Waals surface area (Å²) in [6.45, 7) is 5.23. The molecule has 0 heterocycles. The maximum absolute atomic E-state index is 6.18. The van der Waals surface area contributed by atoms with E-state index < -0.39 is 0 Å². The molecule has 1 unspecified atom stereocenters. The molecule has 0 fully saturated rings. The fourth-order valence-electron chi connectivity index (χ4n) is 2.26. The van der Waals surface area contributed by atoms with E-state index in [1.54, 1.807) is 0 Å². The first-order chi connectivity index (χ1) is 9.64. The van der Waals surface area contributed by atoms with Gasteiger partial charge in [0.1, 0.15) is 5.60 Å². The van der Waals surface area contributed by atoms with Gasteiger partial charge in [0.05, 0.1) is 0 Å². The van der Waals surface area contributed by atoms with E-state index in [9.17, 15) is 0 Å². The van der Waals surface area contributed by atoms with Gasteiger partial charge in [0.15, 0.2) is 0 Å². The fourth-order valence-corrected chi connectivity index (χ4v) is 3.43. The van der Waals surface area contributed by atoms with Crippen LogP contribution >= 0.6 is 31.9 Å². The third kappa shape index (κ3) is 5.87. The zero-order chi connectivity index (χ0) is 14.8. The maximum atomic E-state index is 6.18. The summed E-state index contributed by atoms with van der Waals surface area (Å²) in [7, 11) is 0. The van der Waals surface area contributed by atoms with Crippen LogP contribution in [0.2, 0.25) is 0 Å². The monoisotopic (exact) mass is 404 g/mol. The molecule has 0 aromatic heterocycles. The summed E-state index contributed by atoms with van der Waals surface area (Å²) < 4.78 is 7.29. The van der Waals surface area contributed by atoms with Crippen molar-refractivity contribution in [2.75, 3.05) is 11.9 Å². The second-order valence-electron chi connectivity index (χ2n) is 5.46. The molecule has 3 heteroatoms. The lowest BCUT2D eigenvalue weighted by atomic mass is 9.98. The van der Waals surface area contributed by atoms with E-state index in [0.717, 1.165) is 22.8 Å². The van der Waals surface area contributed by atoms with Gasteiger partial charge < -0.3 is 4.74 Å². The summed E-state index contributed by atoms with van der Waals surface area (Å²) in [4.78, 5) is 0. The summed E-state index contributed by atoms with van der Waals surface area (Å²) >= 11 is 7.22. The average molecular weight is 406 g/mol. The largest absolute Gasteiger partial charge is 0.370 e. The van der Waals surface area contributed by atoms with Crippen LogP contribution < -0.4 is 0 Å². The second kappa shape index (κ2) is 9.97. The van der Waals surface area contributed by atoms with Gasteiger partial charge in [0, 0.05) is 16.4 Å². The number of unbranched alkanes of at least 4 members (excludes halogenated alkanes) is 5. The van der Waals surface area contributed by atoms with E-state index in [-0.39, 0.29) is 5.60 Å². The molecule has 1 nitrogen and oxygen atoms in total. The number of alkyl halides is 1. The standard InChI is InChI=1S/C17H26Br2O/c1-3-4-5-6-7-10-13-20-17(2,14-18)15-11-8-9-12-16(15)19/h8-9,11-12H,3-7,10,13-14H2,1-2H3. The zero-order valence-corrected chi connectivity index (χ0v) is 15.8. The number of rotatable bonds is 10. The van der Waals surface area contributed by atoms with Gasteiger partial charge in [0.25, 0.3) is 0 Å². The topological polar surface area (TPSA) is 9.23 Å². The summed E-state index contributed by atoms with van der Waals surface area (Å²) in [5.74, 6) is 0. The molecule has 0 aliphatic rings. The fraction of sp³-hybridized carbons (Fsp3) is 0.647. The molecule has 1 aromatic rings. The van der Waals surface area contributed by atoms with Crippen LogP contribution in [0.5, 0.6) is 0 Å². The van der Waals surface area contributed by atoms with E-state index >= 15 is 0 Å². The molecule has 0 spiro atoms. The predicted molar refractivity (Wildman–Crippen MR) is 94.6 cm³/mol. The van der Waals surface area contributed by atoms with E-state index in [1.807, 2.05) is 6.07 Å². The minimum absolute atomic E-state index is 0.260. The summed E-state index contributed by atoms with van der Waals surface area (Å²) in [5.41, 5.74) is 0.951. The Labute approximate surface area is 140 Å². The van der Waals surface area contributed by atoms with Crippen LogP contribution in [0.15, 0.2) is 28.7 Å². The average Bonchev–Trinajstić information content (AvgIpc) is 2.46. The van der Waals surface area contributed by atoms with Gasteiger partial charge in [-0.15, -0.1) is 0 Å². The Morgan fingerprint density at radius 1 is 1.05 bits per heavy atom. The van der Waals surface area contributed by atoms with E-state index in [2.05, 4.69) is 63.9 Å². The van der Waals surface area contributed by atoms with Gasteiger partial charge in [-0.05, 0) is 25.0 Å². The smallest absolute Gasteiger partial charge is 0.101 e. The molecule has 1 aromatic carbocycles. The van der Waals surface area contributed by atoms with Crippen molar-refractivity contribution in [3.8, 4) is 0 Å². The molecule has 0 saturated carbocycles. The SMILES string of the molecule is CCCCCCCCOC(C)(CBr)c1ccccc1Br. The summed E-state index contributed by atoms with van der Waals surface area (Å²) in [5, 5.41) is 0.804. The maximum Gasteiger partial charge on any atom is 0.101 e. The van der Waals surface area contributed by atoms with Crippen molar-refractivity contribution in [2.24, 2.45) is 0 Å². The Kier molecular flexibility index (Phi) is 9.06. The minimum atomic E-state index is -0.260. The molecule has 20 heavy (non-hydrogen) atoms. The summed E-state index contributed by atoms with van der Waals surface area (Å²) in [6.07, 6.45) is 7.77. The highest BCUT2D eigenvalue weighted by molar-refractivity contribution is 9.10. The van der Waals surface area contributed by atoms with Crippen LogP contribution in [0.25, 0.3) is 0 Å². The third-order valence-corrected chi connectivity index (χ3v) is 5.38. The third-order valence-electron chi connectivity index (χ3n) is 3.62. The van der Waals surface area contributed by atoms with Crippen molar-refractivity contribution >= 4 is 31.9 Å². The van der Waals surface area contributed by atoms with E-state index in [4.69, 9.17) is 4.74 Å². The highest BCUT2D eigenvalue weighted by Crippen LogP contribution is 2.33. The Bertz CT molecular complexity index is 381. The number of hydrogen-bond acceptors (Lipinski definition) is 1. The van der Waals surface area contributed by atoms with Gasteiger partial charge in [-0.3, -0.25) is 0 Å². The van der Waals surface area contributed by atoms with Gasteiger partial charge >= 0.3 is 0 Å². The molecule has 1 atom stereocenters. The lowest BCUT2D eigenvalue weighted by Gasteiger charge is -2.29. The molecule has 0 saturated heterocycles. The number of halogens is 2. The highest BCUT2D eigenvalue weighted by Gasteiger charge is 2.27. The summed E-state index contributed by atoms with van der Waals surface area (Å²) in [6, 6.07) is 8.31. The lowest BCUT2D eigenvalue weighted by molar-refractivity contribution is -0.0191. The van der Waals surface area contributed by atoms with Gasteiger partial charge in [0.2, 0.25) is 0 Å². The van der Waals surface area contributed by atoms with Crippen LogP contribution in [0.4, 0.5) is 0 Å². The molecular formula is C17H26Br2O. The molecule has 0 N–H and O–H groups in total.